The lowest BCUT2D eigenvalue weighted by molar-refractivity contribution is 0.0698. The number of carboxylic acid groups (broad SMARTS) is 1. The molecule has 0 aliphatic heterocycles. The van der Waals surface area contributed by atoms with E-state index in [0.29, 0.717) is 12.8 Å². The zero-order chi connectivity index (χ0) is 15.4. The molecule has 0 heterocycles. The Labute approximate surface area is 136 Å². The van der Waals surface area contributed by atoms with Gasteiger partial charge in [-0.3, -0.25) is 0 Å². The maximum absolute atomic E-state index is 11.9. The lowest BCUT2D eigenvalue weighted by atomic mass is 9.93. The molecule has 2 rings (SSSR count). The van der Waals surface area contributed by atoms with E-state index >= 15 is 0 Å². The minimum Gasteiger partial charge on any atom is -0.478 e. The van der Waals surface area contributed by atoms with Gasteiger partial charge in [0.25, 0.3) is 0 Å². The van der Waals surface area contributed by atoms with Crippen LogP contribution in [0.1, 0.15) is 36.0 Å². The highest BCUT2D eigenvalue weighted by molar-refractivity contribution is 14.1. The normalized spacial score (nSPS) is 21.6. The Morgan fingerprint density at radius 1 is 1.19 bits per heavy atom. The third kappa shape index (κ3) is 4.57. The van der Waals surface area contributed by atoms with Crippen LogP contribution < -0.4 is 10.6 Å². The molecule has 0 spiro atoms. The highest BCUT2D eigenvalue weighted by atomic mass is 127. The molecule has 21 heavy (non-hydrogen) atoms. The van der Waals surface area contributed by atoms with Crippen molar-refractivity contribution in [1.82, 2.24) is 5.32 Å². The molecule has 1 aromatic rings. The summed E-state index contributed by atoms with van der Waals surface area (Å²) in [5, 5.41) is 24.0. The number of amides is 2. The fraction of sp³-hybridized carbons (Fsp3) is 0.429. The van der Waals surface area contributed by atoms with Crippen LogP contribution in [-0.4, -0.2) is 34.4 Å². The van der Waals surface area contributed by atoms with Crippen molar-refractivity contribution in [3.05, 3.63) is 27.3 Å². The minimum absolute atomic E-state index is 0.0190. The zero-order valence-electron chi connectivity index (χ0n) is 11.3. The van der Waals surface area contributed by atoms with Crippen molar-refractivity contribution >= 4 is 40.3 Å². The van der Waals surface area contributed by atoms with Gasteiger partial charge in [-0.2, -0.15) is 0 Å². The van der Waals surface area contributed by atoms with Crippen molar-refractivity contribution in [2.75, 3.05) is 5.32 Å². The largest absolute Gasteiger partial charge is 0.478 e. The van der Waals surface area contributed by atoms with E-state index in [1.54, 1.807) is 12.1 Å². The second kappa shape index (κ2) is 7.08. The van der Waals surface area contributed by atoms with Gasteiger partial charge in [0.15, 0.2) is 0 Å². The van der Waals surface area contributed by atoms with Gasteiger partial charge in [0.1, 0.15) is 0 Å². The maximum atomic E-state index is 11.9. The number of nitrogens with one attached hydrogen (secondary N) is 2. The van der Waals surface area contributed by atoms with Crippen molar-refractivity contribution in [3.63, 3.8) is 0 Å². The van der Waals surface area contributed by atoms with E-state index in [1.807, 2.05) is 22.6 Å². The highest BCUT2D eigenvalue weighted by Gasteiger charge is 2.21. The molecule has 1 aromatic carbocycles. The lowest BCUT2D eigenvalue weighted by Crippen LogP contribution is -2.41. The molecule has 0 radical (unpaired) electrons. The lowest BCUT2D eigenvalue weighted by Gasteiger charge is -2.26. The second-order valence-electron chi connectivity index (χ2n) is 5.10. The summed E-state index contributed by atoms with van der Waals surface area (Å²) in [4.78, 5) is 23.1. The van der Waals surface area contributed by atoms with Crippen LogP contribution in [0.4, 0.5) is 10.5 Å². The smallest absolute Gasteiger partial charge is 0.337 e. The van der Waals surface area contributed by atoms with E-state index in [9.17, 15) is 14.7 Å². The molecular weight excluding hydrogens is 387 g/mol. The summed E-state index contributed by atoms with van der Waals surface area (Å²) >= 11 is 2.02. The first-order valence-corrected chi connectivity index (χ1v) is 7.82. The maximum Gasteiger partial charge on any atom is 0.337 e. The number of aromatic carboxylic acids is 1. The first-order valence-electron chi connectivity index (χ1n) is 6.74. The molecule has 0 atom stereocenters. The topological polar surface area (TPSA) is 98.7 Å². The standard InChI is InChI=1S/C14H17IN2O4/c15-8-1-6-12(11(7-8)13(19)20)17-14(21)16-9-2-4-10(18)5-3-9/h1,6-7,9-10,18H,2-5H2,(H,19,20)(H2,16,17,21). The summed E-state index contributed by atoms with van der Waals surface area (Å²) in [6.45, 7) is 0. The first kappa shape index (κ1) is 16.0. The van der Waals surface area contributed by atoms with Gasteiger partial charge in [-0.15, -0.1) is 0 Å². The van der Waals surface area contributed by atoms with Crippen molar-refractivity contribution in [1.29, 1.82) is 0 Å². The Balaban J connectivity index is 1.98. The molecule has 2 amide bonds. The van der Waals surface area contributed by atoms with Gasteiger partial charge >= 0.3 is 12.0 Å². The summed E-state index contributed by atoms with van der Waals surface area (Å²) in [7, 11) is 0. The Bertz CT molecular complexity index is 542. The van der Waals surface area contributed by atoms with Gasteiger partial charge in [-0.1, -0.05) is 0 Å². The Kier molecular flexibility index (Phi) is 5.40. The van der Waals surface area contributed by atoms with Gasteiger partial charge < -0.3 is 20.8 Å². The van der Waals surface area contributed by atoms with Crippen molar-refractivity contribution < 1.29 is 19.8 Å². The fourth-order valence-electron chi connectivity index (χ4n) is 2.37. The van der Waals surface area contributed by atoms with E-state index in [2.05, 4.69) is 10.6 Å². The Morgan fingerprint density at radius 3 is 2.48 bits per heavy atom. The highest BCUT2D eigenvalue weighted by Crippen LogP contribution is 2.20. The van der Waals surface area contributed by atoms with E-state index < -0.39 is 12.0 Å². The number of aliphatic hydroxyl groups excluding tert-OH is 1. The van der Waals surface area contributed by atoms with E-state index in [-0.39, 0.29) is 23.4 Å². The monoisotopic (exact) mass is 404 g/mol. The van der Waals surface area contributed by atoms with Crippen LogP contribution in [0, 0.1) is 3.57 Å². The van der Waals surface area contributed by atoms with Gasteiger partial charge in [0.05, 0.1) is 17.4 Å². The predicted molar refractivity (Wildman–Crippen MR) is 86.5 cm³/mol. The van der Waals surface area contributed by atoms with Gasteiger partial charge in [0.2, 0.25) is 0 Å². The molecule has 6 nitrogen and oxygen atoms in total. The number of urea groups is 1. The molecule has 1 saturated carbocycles. The average Bonchev–Trinajstić information content (AvgIpc) is 2.43. The molecule has 0 unspecified atom stereocenters. The summed E-state index contributed by atoms with van der Waals surface area (Å²) < 4.78 is 0.789. The number of hydrogen-bond donors (Lipinski definition) is 4. The van der Waals surface area contributed by atoms with Crippen LogP contribution in [-0.2, 0) is 0 Å². The van der Waals surface area contributed by atoms with E-state index in [0.717, 1.165) is 16.4 Å². The second-order valence-corrected chi connectivity index (χ2v) is 6.34. The van der Waals surface area contributed by atoms with Crippen LogP contribution in [0.2, 0.25) is 0 Å². The quantitative estimate of drug-likeness (QED) is 0.582. The van der Waals surface area contributed by atoms with Gasteiger partial charge in [0, 0.05) is 9.61 Å². The SMILES string of the molecule is O=C(Nc1ccc(I)cc1C(=O)O)NC1CCC(O)CC1. The minimum atomic E-state index is -1.08. The average molecular weight is 404 g/mol. The van der Waals surface area contributed by atoms with Gasteiger partial charge in [-0.05, 0) is 66.5 Å². The predicted octanol–water partition coefficient (Wildman–Crippen LogP) is 2.41. The number of halogens is 1. The molecule has 1 fully saturated rings. The van der Waals surface area contributed by atoms with E-state index in [1.165, 1.54) is 6.07 Å². The van der Waals surface area contributed by atoms with Crippen LogP contribution in [0.5, 0.6) is 0 Å². The summed E-state index contributed by atoms with van der Waals surface area (Å²) in [6.07, 6.45) is 2.53. The molecule has 114 valence electrons. The molecule has 7 heteroatoms. The third-order valence-corrected chi connectivity index (χ3v) is 4.16. The number of anilines is 1. The number of hydrogen-bond acceptors (Lipinski definition) is 3. The number of carbonyl (C=O) groups excluding carboxylic acids is 1. The molecule has 1 aliphatic rings. The van der Waals surface area contributed by atoms with Crippen molar-refractivity contribution in [2.45, 2.75) is 37.8 Å². The van der Waals surface area contributed by atoms with E-state index in [4.69, 9.17) is 5.11 Å². The molecule has 4 N–H and O–H groups in total. The summed E-state index contributed by atoms with van der Waals surface area (Å²) in [6, 6.07) is 4.43. The first-order chi connectivity index (χ1) is 9.95. The van der Waals surface area contributed by atoms with Gasteiger partial charge in [-0.25, -0.2) is 9.59 Å². The van der Waals surface area contributed by atoms with Crippen LogP contribution in [0.25, 0.3) is 0 Å². The molecule has 1 aliphatic carbocycles. The number of aliphatic hydroxyl groups is 1. The Morgan fingerprint density at radius 2 is 1.86 bits per heavy atom. The fourth-order valence-corrected chi connectivity index (χ4v) is 2.86. The Hall–Kier alpha value is -1.35. The van der Waals surface area contributed by atoms with Crippen LogP contribution >= 0.6 is 22.6 Å². The third-order valence-electron chi connectivity index (χ3n) is 3.49. The zero-order valence-corrected chi connectivity index (χ0v) is 13.5. The van der Waals surface area contributed by atoms with Crippen LogP contribution in [0.15, 0.2) is 18.2 Å². The molecule has 0 bridgehead atoms. The number of rotatable bonds is 3. The molecule has 0 aromatic heterocycles. The van der Waals surface area contributed by atoms with Crippen molar-refractivity contribution in [3.8, 4) is 0 Å². The molecular formula is C14H17IN2O4. The molecule has 0 saturated heterocycles. The van der Waals surface area contributed by atoms with Crippen LogP contribution in [0.3, 0.4) is 0 Å². The van der Waals surface area contributed by atoms with Crippen molar-refractivity contribution in [2.24, 2.45) is 0 Å². The summed E-state index contributed by atoms with van der Waals surface area (Å²) in [5.41, 5.74) is 0.340. The number of carboxylic acids is 1. The summed E-state index contributed by atoms with van der Waals surface area (Å²) in [5.74, 6) is -1.08. The number of benzene rings is 1. The number of carbonyl (C=O) groups is 2.